The van der Waals surface area contributed by atoms with E-state index in [-0.39, 0.29) is 5.91 Å². The Bertz CT molecular complexity index is 927. The van der Waals surface area contributed by atoms with E-state index >= 15 is 0 Å². The van der Waals surface area contributed by atoms with Crippen LogP contribution in [0, 0.1) is 0 Å². The first kappa shape index (κ1) is 18.3. The highest BCUT2D eigenvalue weighted by Crippen LogP contribution is 2.31. The summed E-state index contributed by atoms with van der Waals surface area (Å²) in [6.07, 6.45) is 1.88. The van der Waals surface area contributed by atoms with Gasteiger partial charge < -0.3 is 9.64 Å². The van der Waals surface area contributed by atoms with E-state index in [1.165, 1.54) is 7.11 Å². The molecule has 1 amide bonds. The van der Waals surface area contributed by atoms with Crippen LogP contribution in [-0.4, -0.2) is 40.3 Å². The van der Waals surface area contributed by atoms with Crippen LogP contribution in [-0.2, 0) is 21.2 Å². The number of hydrogen-bond donors (Lipinski definition) is 0. The second-order valence-corrected chi connectivity index (χ2v) is 8.16. The van der Waals surface area contributed by atoms with Crippen LogP contribution < -0.4 is 13.9 Å². The number of carbonyl (C=O) groups excluding carboxylic acids is 1. The number of carbonyl (C=O) groups is 1. The summed E-state index contributed by atoms with van der Waals surface area (Å²) < 4.78 is 31.2. The van der Waals surface area contributed by atoms with Crippen LogP contribution in [0.4, 0.5) is 11.4 Å². The summed E-state index contributed by atoms with van der Waals surface area (Å²) in [6.45, 7) is 2.17. The Morgan fingerprint density at radius 3 is 2.62 bits per heavy atom. The average molecular weight is 374 g/mol. The SMILES string of the molecule is COc1cccc(N([C@@H](C)C(=O)N2CCc3ccccc32)S(C)(=O)=O)c1. The Morgan fingerprint density at radius 2 is 1.92 bits per heavy atom. The minimum absolute atomic E-state index is 0.247. The zero-order chi connectivity index (χ0) is 18.9. The quantitative estimate of drug-likeness (QED) is 0.806. The van der Waals surface area contributed by atoms with Gasteiger partial charge in [0.2, 0.25) is 10.0 Å². The fourth-order valence-corrected chi connectivity index (χ4v) is 4.50. The maximum absolute atomic E-state index is 13.1. The molecule has 138 valence electrons. The summed E-state index contributed by atoms with van der Waals surface area (Å²) >= 11 is 0. The molecule has 0 saturated carbocycles. The second kappa shape index (κ2) is 6.99. The summed E-state index contributed by atoms with van der Waals surface area (Å²) in [4.78, 5) is 14.8. The molecule has 2 aromatic carbocycles. The number of sulfonamides is 1. The van der Waals surface area contributed by atoms with Gasteiger partial charge in [-0.1, -0.05) is 24.3 Å². The van der Waals surface area contributed by atoms with Crippen LogP contribution in [0.25, 0.3) is 0 Å². The smallest absolute Gasteiger partial charge is 0.250 e. The molecule has 0 fully saturated rings. The topological polar surface area (TPSA) is 66.9 Å². The number of anilines is 2. The van der Waals surface area contributed by atoms with E-state index < -0.39 is 16.1 Å². The van der Waals surface area contributed by atoms with Crippen molar-refractivity contribution in [1.29, 1.82) is 0 Å². The highest BCUT2D eigenvalue weighted by molar-refractivity contribution is 7.92. The van der Waals surface area contributed by atoms with Crippen molar-refractivity contribution < 1.29 is 17.9 Å². The Hall–Kier alpha value is -2.54. The van der Waals surface area contributed by atoms with Gasteiger partial charge >= 0.3 is 0 Å². The molecule has 0 spiro atoms. The van der Waals surface area contributed by atoms with E-state index in [0.29, 0.717) is 18.0 Å². The monoisotopic (exact) mass is 374 g/mol. The molecule has 0 saturated heterocycles. The summed E-state index contributed by atoms with van der Waals surface area (Å²) in [5.74, 6) is 0.283. The van der Waals surface area contributed by atoms with Gasteiger partial charge in [-0.25, -0.2) is 8.42 Å². The number of nitrogens with zero attached hydrogens (tertiary/aromatic N) is 2. The van der Waals surface area contributed by atoms with Crippen molar-refractivity contribution in [2.45, 2.75) is 19.4 Å². The van der Waals surface area contributed by atoms with Crippen molar-refractivity contribution >= 4 is 27.3 Å². The first-order valence-electron chi connectivity index (χ1n) is 8.35. The molecule has 7 heteroatoms. The van der Waals surface area contributed by atoms with Crippen molar-refractivity contribution in [2.75, 3.05) is 29.1 Å². The van der Waals surface area contributed by atoms with Crippen molar-refractivity contribution in [3.05, 3.63) is 54.1 Å². The number of ether oxygens (including phenoxy) is 1. The van der Waals surface area contributed by atoms with Crippen molar-refractivity contribution in [1.82, 2.24) is 0 Å². The Morgan fingerprint density at radius 1 is 1.19 bits per heavy atom. The van der Waals surface area contributed by atoms with Crippen LogP contribution >= 0.6 is 0 Å². The normalized spacial score (nSPS) is 14.7. The minimum Gasteiger partial charge on any atom is -0.497 e. The molecule has 1 atom stereocenters. The van der Waals surface area contributed by atoms with Gasteiger partial charge in [0.15, 0.2) is 0 Å². The van der Waals surface area contributed by atoms with Gasteiger partial charge in [-0.2, -0.15) is 0 Å². The third kappa shape index (κ3) is 3.39. The van der Waals surface area contributed by atoms with E-state index in [1.807, 2.05) is 24.3 Å². The van der Waals surface area contributed by atoms with Gasteiger partial charge in [0.25, 0.3) is 5.91 Å². The van der Waals surface area contributed by atoms with Crippen LogP contribution in [0.1, 0.15) is 12.5 Å². The second-order valence-electron chi connectivity index (χ2n) is 6.30. The molecule has 2 aromatic rings. The highest BCUT2D eigenvalue weighted by atomic mass is 32.2. The van der Waals surface area contributed by atoms with Crippen LogP contribution in [0.15, 0.2) is 48.5 Å². The van der Waals surface area contributed by atoms with E-state index in [2.05, 4.69) is 0 Å². The van der Waals surface area contributed by atoms with Crippen LogP contribution in [0.3, 0.4) is 0 Å². The molecular weight excluding hydrogens is 352 g/mol. The van der Waals surface area contributed by atoms with Crippen LogP contribution in [0.2, 0.25) is 0 Å². The maximum Gasteiger partial charge on any atom is 0.250 e. The third-order valence-electron chi connectivity index (χ3n) is 4.53. The molecule has 1 aliphatic heterocycles. The Balaban J connectivity index is 1.96. The number of rotatable bonds is 5. The fraction of sp³-hybridized carbons (Fsp3) is 0.316. The number of benzene rings is 2. The lowest BCUT2D eigenvalue weighted by Gasteiger charge is -2.31. The van der Waals surface area contributed by atoms with Crippen LogP contribution in [0.5, 0.6) is 5.75 Å². The molecule has 26 heavy (non-hydrogen) atoms. The number of hydrogen-bond acceptors (Lipinski definition) is 4. The van der Waals surface area contributed by atoms with Gasteiger partial charge in [0.1, 0.15) is 11.8 Å². The maximum atomic E-state index is 13.1. The molecule has 1 heterocycles. The zero-order valence-electron chi connectivity index (χ0n) is 15.0. The van der Waals surface area contributed by atoms with E-state index in [0.717, 1.165) is 28.2 Å². The molecule has 0 aliphatic carbocycles. The average Bonchev–Trinajstić information content (AvgIpc) is 3.04. The fourth-order valence-electron chi connectivity index (χ4n) is 3.34. The first-order chi connectivity index (χ1) is 12.3. The zero-order valence-corrected chi connectivity index (χ0v) is 15.9. The molecule has 0 bridgehead atoms. The molecule has 0 radical (unpaired) electrons. The number of amides is 1. The third-order valence-corrected chi connectivity index (χ3v) is 5.77. The van der Waals surface area contributed by atoms with Gasteiger partial charge in [-0.05, 0) is 37.1 Å². The predicted octanol–water partition coefficient (Wildman–Crippen LogP) is 2.44. The van der Waals surface area contributed by atoms with Crippen molar-refractivity contribution in [2.24, 2.45) is 0 Å². The van der Waals surface area contributed by atoms with E-state index in [9.17, 15) is 13.2 Å². The van der Waals surface area contributed by atoms with Gasteiger partial charge in [-0.15, -0.1) is 0 Å². The molecule has 0 aromatic heterocycles. The van der Waals surface area contributed by atoms with E-state index in [4.69, 9.17) is 4.74 Å². The molecular formula is C19H22N2O4S. The first-order valence-corrected chi connectivity index (χ1v) is 10.2. The van der Waals surface area contributed by atoms with Gasteiger partial charge in [0.05, 0.1) is 19.1 Å². The number of methoxy groups -OCH3 is 1. The predicted molar refractivity (Wildman–Crippen MR) is 102 cm³/mol. The largest absolute Gasteiger partial charge is 0.497 e. The summed E-state index contributed by atoms with van der Waals surface area (Å²) in [5, 5.41) is 0. The molecule has 6 nitrogen and oxygen atoms in total. The minimum atomic E-state index is -3.66. The van der Waals surface area contributed by atoms with Crippen molar-refractivity contribution in [3.63, 3.8) is 0 Å². The molecule has 1 aliphatic rings. The summed E-state index contributed by atoms with van der Waals surface area (Å²) in [5.41, 5.74) is 2.35. The number of para-hydroxylation sites is 1. The molecule has 0 N–H and O–H groups in total. The molecule has 0 unspecified atom stereocenters. The van der Waals surface area contributed by atoms with Gasteiger partial charge in [-0.3, -0.25) is 9.10 Å². The summed E-state index contributed by atoms with van der Waals surface area (Å²) in [6, 6.07) is 13.5. The standard InChI is InChI=1S/C19H22N2O4S/c1-14(19(22)20-12-11-15-7-4-5-10-18(15)20)21(26(3,23)24)16-8-6-9-17(13-16)25-2/h4-10,13-14H,11-12H2,1-3H3/t14-/m0/s1. The Kier molecular flexibility index (Phi) is 4.91. The Labute approximate surface area is 154 Å². The lowest BCUT2D eigenvalue weighted by Crippen LogP contribution is -2.49. The number of fused-ring (bicyclic) bond motifs is 1. The van der Waals surface area contributed by atoms with E-state index in [1.54, 1.807) is 36.1 Å². The lowest BCUT2D eigenvalue weighted by atomic mass is 10.2. The molecule has 3 rings (SSSR count). The van der Waals surface area contributed by atoms with Gasteiger partial charge in [0, 0.05) is 18.3 Å². The van der Waals surface area contributed by atoms with Crippen molar-refractivity contribution in [3.8, 4) is 5.75 Å². The lowest BCUT2D eigenvalue weighted by molar-refractivity contribution is -0.119. The highest BCUT2D eigenvalue weighted by Gasteiger charge is 2.35. The summed E-state index contributed by atoms with van der Waals surface area (Å²) in [7, 11) is -2.15.